The van der Waals surface area contributed by atoms with E-state index in [9.17, 15) is 4.79 Å². The Bertz CT molecular complexity index is 712. The van der Waals surface area contributed by atoms with Gasteiger partial charge in [-0.2, -0.15) is 0 Å². The molecule has 0 aliphatic carbocycles. The van der Waals surface area contributed by atoms with Gasteiger partial charge in [0.15, 0.2) is 4.34 Å². The number of carbonyl (C=O) groups is 1. The number of rotatable bonds is 8. The first-order chi connectivity index (χ1) is 12.6. The molecule has 1 aliphatic rings. The average molecular weight is 393 g/mol. The summed E-state index contributed by atoms with van der Waals surface area (Å²) >= 11 is 2.85. The lowest BCUT2D eigenvalue weighted by Gasteiger charge is -2.09. The third-order valence-corrected chi connectivity index (χ3v) is 6.08. The van der Waals surface area contributed by atoms with Crippen LogP contribution in [0.25, 0.3) is 0 Å². The van der Waals surface area contributed by atoms with Gasteiger partial charge < -0.3 is 15.4 Å². The second-order valence-corrected chi connectivity index (χ2v) is 8.70. The van der Waals surface area contributed by atoms with Crippen LogP contribution in [0.1, 0.15) is 38.2 Å². The predicted octanol–water partition coefficient (Wildman–Crippen LogP) is 3.79. The Labute approximate surface area is 162 Å². The van der Waals surface area contributed by atoms with E-state index in [-0.39, 0.29) is 12.0 Å². The normalized spacial score (nSPS) is 16.8. The van der Waals surface area contributed by atoms with Crippen molar-refractivity contribution in [2.45, 2.75) is 43.1 Å². The minimum Gasteiger partial charge on any atom is -0.376 e. The van der Waals surface area contributed by atoms with E-state index in [1.54, 1.807) is 0 Å². The molecule has 2 heterocycles. The Morgan fingerprint density at radius 3 is 2.85 bits per heavy atom. The number of ether oxygens (including phenoxy) is 1. The van der Waals surface area contributed by atoms with Gasteiger partial charge >= 0.3 is 0 Å². The van der Waals surface area contributed by atoms with Crippen molar-refractivity contribution >= 4 is 39.8 Å². The zero-order valence-corrected chi connectivity index (χ0v) is 16.7. The van der Waals surface area contributed by atoms with Gasteiger partial charge in [-0.15, -0.1) is 10.2 Å². The van der Waals surface area contributed by atoms with Gasteiger partial charge in [0.25, 0.3) is 0 Å². The molecule has 8 heteroatoms. The van der Waals surface area contributed by atoms with Crippen molar-refractivity contribution in [1.82, 2.24) is 15.5 Å². The maximum absolute atomic E-state index is 11.9. The Kier molecular flexibility index (Phi) is 6.87. The van der Waals surface area contributed by atoms with Gasteiger partial charge in [-0.05, 0) is 36.5 Å². The molecule has 0 bridgehead atoms. The summed E-state index contributed by atoms with van der Waals surface area (Å²) in [5, 5.41) is 15.2. The van der Waals surface area contributed by atoms with Crippen LogP contribution in [0.3, 0.4) is 0 Å². The Morgan fingerprint density at radius 1 is 1.35 bits per heavy atom. The second kappa shape index (κ2) is 9.34. The van der Waals surface area contributed by atoms with E-state index in [0.717, 1.165) is 34.6 Å². The second-order valence-electron chi connectivity index (χ2n) is 6.50. The lowest BCUT2D eigenvalue weighted by molar-refractivity contribution is -0.119. The number of hydrogen-bond donors (Lipinski definition) is 2. The molecule has 1 atom stereocenters. The SMILES string of the molecule is CC(C)c1ccc(Nc2nnc(SCC(=O)NC[C@@H]3CCCO3)s2)cc1. The molecular weight excluding hydrogens is 368 g/mol. The number of nitrogens with one attached hydrogen (secondary N) is 2. The first-order valence-corrected chi connectivity index (χ1v) is 10.6. The van der Waals surface area contributed by atoms with Gasteiger partial charge in [0.05, 0.1) is 11.9 Å². The van der Waals surface area contributed by atoms with E-state index in [1.165, 1.54) is 28.7 Å². The van der Waals surface area contributed by atoms with Gasteiger partial charge in [-0.3, -0.25) is 4.79 Å². The number of hydrogen-bond acceptors (Lipinski definition) is 7. The van der Waals surface area contributed by atoms with Crippen LogP contribution in [0.4, 0.5) is 10.8 Å². The van der Waals surface area contributed by atoms with Gasteiger partial charge in [0.2, 0.25) is 11.0 Å². The van der Waals surface area contributed by atoms with Crippen LogP contribution in [0, 0.1) is 0 Å². The van der Waals surface area contributed by atoms with Crippen LogP contribution < -0.4 is 10.6 Å². The molecule has 26 heavy (non-hydrogen) atoms. The number of amides is 1. The molecule has 1 fully saturated rings. The standard InChI is InChI=1S/C18H24N4O2S2/c1-12(2)13-5-7-14(8-6-13)20-17-21-22-18(26-17)25-11-16(23)19-10-15-4-3-9-24-15/h5-8,12,15H,3-4,9-11H2,1-2H3,(H,19,23)(H,20,21)/t15-/m0/s1. The lowest BCUT2D eigenvalue weighted by atomic mass is 10.0. The van der Waals surface area contributed by atoms with E-state index < -0.39 is 0 Å². The Balaban J connectivity index is 1.43. The molecule has 0 spiro atoms. The molecule has 2 N–H and O–H groups in total. The average Bonchev–Trinajstić information content (AvgIpc) is 3.30. The highest BCUT2D eigenvalue weighted by molar-refractivity contribution is 8.01. The Hall–Kier alpha value is -1.64. The molecule has 2 aromatic rings. The highest BCUT2D eigenvalue weighted by atomic mass is 32.2. The fraction of sp³-hybridized carbons (Fsp3) is 0.500. The van der Waals surface area contributed by atoms with E-state index in [0.29, 0.717) is 18.2 Å². The number of carbonyl (C=O) groups excluding carboxylic acids is 1. The number of anilines is 2. The zero-order valence-electron chi connectivity index (χ0n) is 15.0. The van der Waals surface area contributed by atoms with Crippen LogP contribution in [0.5, 0.6) is 0 Å². The highest BCUT2D eigenvalue weighted by Gasteiger charge is 2.16. The largest absolute Gasteiger partial charge is 0.376 e. The maximum atomic E-state index is 11.9. The minimum absolute atomic E-state index is 0.000478. The molecule has 6 nitrogen and oxygen atoms in total. The first-order valence-electron chi connectivity index (χ1n) is 8.82. The summed E-state index contributed by atoms with van der Waals surface area (Å²) in [6.45, 7) is 5.74. The predicted molar refractivity (Wildman–Crippen MR) is 106 cm³/mol. The molecule has 1 aromatic carbocycles. The zero-order chi connectivity index (χ0) is 18.4. The summed E-state index contributed by atoms with van der Waals surface area (Å²) in [6.07, 6.45) is 2.27. The molecule has 1 aromatic heterocycles. The smallest absolute Gasteiger partial charge is 0.230 e. The summed E-state index contributed by atoms with van der Waals surface area (Å²) in [5.41, 5.74) is 2.29. The maximum Gasteiger partial charge on any atom is 0.230 e. The highest BCUT2D eigenvalue weighted by Crippen LogP contribution is 2.28. The molecule has 0 saturated carbocycles. The summed E-state index contributed by atoms with van der Waals surface area (Å²) < 4.78 is 6.27. The molecule has 3 rings (SSSR count). The van der Waals surface area contributed by atoms with Gasteiger partial charge in [0, 0.05) is 18.8 Å². The number of nitrogens with zero attached hydrogens (tertiary/aromatic N) is 2. The third kappa shape index (κ3) is 5.69. The summed E-state index contributed by atoms with van der Waals surface area (Å²) in [6, 6.07) is 8.31. The van der Waals surface area contributed by atoms with Crippen LogP contribution in [-0.4, -0.2) is 41.1 Å². The van der Waals surface area contributed by atoms with Crippen molar-refractivity contribution in [3.05, 3.63) is 29.8 Å². The van der Waals surface area contributed by atoms with Crippen molar-refractivity contribution in [2.24, 2.45) is 0 Å². The van der Waals surface area contributed by atoms with Crippen molar-refractivity contribution in [3.8, 4) is 0 Å². The molecule has 0 radical (unpaired) electrons. The van der Waals surface area contributed by atoms with Crippen molar-refractivity contribution in [2.75, 3.05) is 24.2 Å². The van der Waals surface area contributed by atoms with Gasteiger partial charge in [-0.25, -0.2) is 0 Å². The van der Waals surface area contributed by atoms with E-state index in [1.807, 2.05) is 12.1 Å². The molecule has 0 unspecified atom stereocenters. The third-order valence-electron chi connectivity index (χ3n) is 4.11. The van der Waals surface area contributed by atoms with Crippen LogP contribution in [0.2, 0.25) is 0 Å². The molecule has 1 saturated heterocycles. The molecule has 1 aliphatic heterocycles. The Morgan fingerprint density at radius 2 is 2.15 bits per heavy atom. The lowest BCUT2D eigenvalue weighted by Crippen LogP contribution is -2.32. The topological polar surface area (TPSA) is 76.1 Å². The van der Waals surface area contributed by atoms with Crippen LogP contribution in [-0.2, 0) is 9.53 Å². The monoisotopic (exact) mass is 392 g/mol. The van der Waals surface area contributed by atoms with E-state index in [4.69, 9.17) is 4.74 Å². The molecular formula is C18H24N4O2S2. The minimum atomic E-state index is -0.000478. The van der Waals surface area contributed by atoms with Crippen molar-refractivity contribution in [1.29, 1.82) is 0 Å². The van der Waals surface area contributed by atoms with Gasteiger partial charge in [0.1, 0.15) is 0 Å². The number of benzene rings is 1. The quantitative estimate of drug-likeness (QED) is 0.666. The number of aromatic nitrogens is 2. The molecule has 1 amide bonds. The summed E-state index contributed by atoms with van der Waals surface area (Å²) in [5.74, 6) is 0.851. The summed E-state index contributed by atoms with van der Waals surface area (Å²) in [7, 11) is 0. The van der Waals surface area contributed by atoms with E-state index in [2.05, 4.69) is 46.8 Å². The summed E-state index contributed by atoms with van der Waals surface area (Å²) in [4.78, 5) is 11.9. The van der Waals surface area contributed by atoms with E-state index >= 15 is 0 Å². The number of thioether (sulfide) groups is 1. The fourth-order valence-corrected chi connectivity index (χ4v) is 4.21. The van der Waals surface area contributed by atoms with Crippen molar-refractivity contribution in [3.63, 3.8) is 0 Å². The molecule has 140 valence electrons. The van der Waals surface area contributed by atoms with Crippen LogP contribution >= 0.6 is 23.1 Å². The van der Waals surface area contributed by atoms with Crippen LogP contribution in [0.15, 0.2) is 28.6 Å². The fourth-order valence-electron chi connectivity index (χ4n) is 2.60. The van der Waals surface area contributed by atoms with Gasteiger partial charge in [-0.1, -0.05) is 49.1 Å². The van der Waals surface area contributed by atoms with Crippen molar-refractivity contribution < 1.29 is 9.53 Å². The first kappa shape index (κ1) is 19.1.